The second-order valence-electron chi connectivity index (χ2n) is 4.01. The van der Waals surface area contributed by atoms with Gasteiger partial charge in [-0.3, -0.25) is 9.59 Å². The van der Waals surface area contributed by atoms with E-state index >= 15 is 0 Å². The fourth-order valence-corrected chi connectivity index (χ4v) is 2.49. The maximum Gasteiger partial charge on any atom is 0.321 e. The van der Waals surface area contributed by atoms with E-state index in [9.17, 15) is 9.59 Å². The topological polar surface area (TPSA) is 89.6 Å². The molecular formula is C12H23NO4S. The quantitative estimate of drug-likeness (QED) is 0.466. The highest BCUT2D eigenvalue weighted by atomic mass is 32.2. The number of hydrogen-bond donors (Lipinski definition) is 2. The van der Waals surface area contributed by atoms with Gasteiger partial charge in [0, 0.05) is 5.75 Å². The van der Waals surface area contributed by atoms with Crippen LogP contribution in [0, 0.1) is 0 Å². The Labute approximate surface area is 112 Å². The highest BCUT2D eigenvalue weighted by Crippen LogP contribution is 2.20. The van der Waals surface area contributed by atoms with Crippen molar-refractivity contribution in [3.05, 3.63) is 0 Å². The van der Waals surface area contributed by atoms with Crippen LogP contribution >= 0.6 is 11.8 Å². The summed E-state index contributed by atoms with van der Waals surface area (Å²) in [5.41, 5.74) is 5.42. The standard InChI is InChI=1S/C12H23NO4S/c1-3-5-6-7-10(12(16)17-4-2)18-8-9(13)11(14)15/h9-10H,3-8,13H2,1-2H3,(H,14,15)/t9-,10?/m0/s1. The fourth-order valence-electron chi connectivity index (χ4n) is 1.38. The molecule has 106 valence electrons. The number of carbonyl (C=O) groups excluding carboxylic acids is 1. The van der Waals surface area contributed by atoms with Gasteiger partial charge in [0.05, 0.1) is 6.61 Å². The van der Waals surface area contributed by atoms with Crippen molar-refractivity contribution >= 4 is 23.7 Å². The second kappa shape index (κ2) is 10.2. The Bertz CT molecular complexity index is 260. The molecule has 0 saturated heterocycles. The molecule has 0 fully saturated rings. The molecule has 0 saturated carbocycles. The monoisotopic (exact) mass is 277 g/mol. The number of rotatable bonds is 10. The molecule has 5 nitrogen and oxygen atoms in total. The molecule has 0 aromatic rings. The smallest absolute Gasteiger partial charge is 0.321 e. The molecule has 0 bridgehead atoms. The summed E-state index contributed by atoms with van der Waals surface area (Å²) >= 11 is 1.28. The third-order valence-electron chi connectivity index (χ3n) is 2.41. The lowest BCUT2D eigenvalue weighted by molar-refractivity contribution is -0.142. The lowest BCUT2D eigenvalue weighted by Gasteiger charge is -2.16. The number of esters is 1. The number of thioether (sulfide) groups is 1. The number of aliphatic carboxylic acids is 1. The van der Waals surface area contributed by atoms with Gasteiger partial charge in [0.25, 0.3) is 0 Å². The van der Waals surface area contributed by atoms with E-state index < -0.39 is 12.0 Å². The molecule has 0 amide bonds. The lowest BCUT2D eigenvalue weighted by atomic mass is 10.1. The number of ether oxygens (including phenoxy) is 1. The van der Waals surface area contributed by atoms with Gasteiger partial charge in [0.2, 0.25) is 0 Å². The van der Waals surface area contributed by atoms with E-state index in [1.165, 1.54) is 11.8 Å². The van der Waals surface area contributed by atoms with Crippen LogP contribution in [0.1, 0.15) is 39.5 Å². The first-order valence-electron chi connectivity index (χ1n) is 6.29. The minimum Gasteiger partial charge on any atom is -0.480 e. The molecule has 0 aliphatic carbocycles. The van der Waals surface area contributed by atoms with Crippen LogP contribution < -0.4 is 5.73 Å². The number of carbonyl (C=O) groups is 2. The average Bonchev–Trinajstić information content (AvgIpc) is 2.33. The van der Waals surface area contributed by atoms with Crippen molar-refractivity contribution in [2.45, 2.75) is 50.8 Å². The van der Waals surface area contributed by atoms with E-state index in [0.29, 0.717) is 13.0 Å². The zero-order valence-electron chi connectivity index (χ0n) is 11.1. The summed E-state index contributed by atoms with van der Waals surface area (Å²) in [4.78, 5) is 22.3. The van der Waals surface area contributed by atoms with Crippen LogP contribution in [0.15, 0.2) is 0 Å². The van der Waals surface area contributed by atoms with E-state index in [-0.39, 0.29) is 17.0 Å². The number of unbranched alkanes of at least 4 members (excludes halogenated alkanes) is 2. The molecule has 0 rings (SSSR count). The molecule has 0 aromatic heterocycles. The van der Waals surface area contributed by atoms with Crippen molar-refractivity contribution in [2.75, 3.05) is 12.4 Å². The third-order valence-corrected chi connectivity index (χ3v) is 3.80. The van der Waals surface area contributed by atoms with Gasteiger partial charge in [-0.05, 0) is 13.3 Å². The second-order valence-corrected chi connectivity index (χ2v) is 5.25. The van der Waals surface area contributed by atoms with Crippen LogP contribution in [0.25, 0.3) is 0 Å². The van der Waals surface area contributed by atoms with Crippen LogP contribution in [0.2, 0.25) is 0 Å². The Morgan fingerprint density at radius 1 is 1.33 bits per heavy atom. The molecule has 18 heavy (non-hydrogen) atoms. The summed E-state index contributed by atoms with van der Waals surface area (Å²) in [6, 6.07) is -0.932. The van der Waals surface area contributed by atoms with Gasteiger partial charge in [0.1, 0.15) is 11.3 Å². The van der Waals surface area contributed by atoms with E-state index in [2.05, 4.69) is 6.92 Å². The van der Waals surface area contributed by atoms with Gasteiger partial charge in [0.15, 0.2) is 0 Å². The van der Waals surface area contributed by atoms with Gasteiger partial charge in [-0.25, -0.2) is 0 Å². The van der Waals surface area contributed by atoms with Crippen LogP contribution in [0.4, 0.5) is 0 Å². The summed E-state index contributed by atoms with van der Waals surface area (Å²) in [5, 5.41) is 8.39. The highest BCUT2D eigenvalue weighted by molar-refractivity contribution is 8.00. The first-order valence-corrected chi connectivity index (χ1v) is 7.34. The molecule has 0 radical (unpaired) electrons. The maximum absolute atomic E-state index is 11.7. The summed E-state index contributed by atoms with van der Waals surface area (Å²) in [7, 11) is 0. The Morgan fingerprint density at radius 2 is 2.00 bits per heavy atom. The SMILES string of the molecule is CCCCCC(SC[C@H](N)C(=O)O)C(=O)OCC. The van der Waals surface area contributed by atoms with Crippen LogP contribution in [0.5, 0.6) is 0 Å². The Kier molecular flexibility index (Phi) is 9.77. The van der Waals surface area contributed by atoms with Crippen molar-refractivity contribution < 1.29 is 19.4 Å². The number of carboxylic acid groups (broad SMARTS) is 1. The number of hydrogen-bond acceptors (Lipinski definition) is 5. The first-order chi connectivity index (χ1) is 8.52. The van der Waals surface area contributed by atoms with Gasteiger partial charge in [-0.15, -0.1) is 11.8 Å². The molecule has 1 unspecified atom stereocenters. The molecule has 6 heteroatoms. The zero-order chi connectivity index (χ0) is 14.0. The van der Waals surface area contributed by atoms with Crippen molar-refractivity contribution in [2.24, 2.45) is 5.73 Å². The highest BCUT2D eigenvalue weighted by Gasteiger charge is 2.22. The summed E-state index contributed by atoms with van der Waals surface area (Å²) in [6.45, 7) is 4.19. The van der Waals surface area contributed by atoms with Crippen molar-refractivity contribution in [1.29, 1.82) is 0 Å². The minimum absolute atomic E-state index is 0.227. The third kappa shape index (κ3) is 7.55. The lowest BCUT2D eigenvalue weighted by Crippen LogP contribution is -2.34. The van der Waals surface area contributed by atoms with Gasteiger partial charge >= 0.3 is 11.9 Å². The maximum atomic E-state index is 11.7. The first kappa shape index (κ1) is 17.2. The Morgan fingerprint density at radius 3 is 2.50 bits per heavy atom. The summed E-state index contributed by atoms with van der Waals surface area (Å²) in [6.07, 6.45) is 3.79. The van der Waals surface area contributed by atoms with Crippen LogP contribution in [-0.2, 0) is 14.3 Å². The average molecular weight is 277 g/mol. The molecular weight excluding hydrogens is 254 g/mol. The van der Waals surface area contributed by atoms with Gasteiger partial charge in [-0.1, -0.05) is 26.2 Å². The van der Waals surface area contributed by atoms with Crippen molar-refractivity contribution in [1.82, 2.24) is 0 Å². The molecule has 3 N–H and O–H groups in total. The molecule has 0 spiro atoms. The van der Waals surface area contributed by atoms with Gasteiger partial charge < -0.3 is 15.6 Å². The number of carboxylic acids is 1. The zero-order valence-corrected chi connectivity index (χ0v) is 11.9. The Hall–Kier alpha value is -0.750. The predicted octanol–water partition coefficient (Wildman–Crippen LogP) is 1.64. The summed E-state index contributed by atoms with van der Waals surface area (Å²) in [5.74, 6) is -1.08. The normalized spacial score (nSPS) is 13.9. The molecule has 2 atom stereocenters. The number of nitrogens with two attached hydrogens (primary N) is 1. The van der Waals surface area contributed by atoms with Crippen LogP contribution in [-0.4, -0.2) is 40.7 Å². The van der Waals surface area contributed by atoms with E-state index in [4.69, 9.17) is 15.6 Å². The van der Waals surface area contributed by atoms with Crippen molar-refractivity contribution in [3.8, 4) is 0 Å². The van der Waals surface area contributed by atoms with E-state index in [1.54, 1.807) is 6.92 Å². The molecule has 0 aromatic carbocycles. The predicted molar refractivity (Wildman–Crippen MR) is 72.6 cm³/mol. The molecule has 0 aliphatic rings. The van der Waals surface area contributed by atoms with Gasteiger partial charge in [-0.2, -0.15) is 0 Å². The molecule has 0 aliphatic heterocycles. The van der Waals surface area contributed by atoms with Crippen LogP contribution in [0.3, 0.4) is 0 Å². The minimum atomic E-state index is -1.04. The largest absolute Gasteiger partial charge is 0.480 e. The van der Waals surface area contributed by atoms with E-state index in [0.717, 1.165) is 19.3 Å². The van der Waals surface area contributed by atoms with Crippen molar-refractivity contribution in [3.63, 3.8) is 0 Å². The fraction of sp³-hybridized carbons (Fsp3) is 0.833. The summed E-state index contributed by atoms with van der Waals surface area (Å²) < 4.78 is 4.98. The Balaban J connectivity index is 4.19. The van der Waals surface area contributed by atoms with E-state index in [1.807, 2.05) is 0 Å². The molecule has 0 heterocycles.